The molecule has 8 heteroatoms. The van der Waals surface area contributed by atoms with E-state index >= 15 is 0 Å². The molecule has 0 radical (unpaired) electrons. The van der Waals surface area contributed by atoms with Gasteiger partial charge in [-0.25, -0.2) is 0 Å². The van der Waals surface area contributed by atoms with Gasteiger partial charge in [0, 0.05) is 11.3 Å². The molecular formula is C34H29F3N2O3. The van der Waals surface area contributed by atoms with Crippen molar-refractivity contribution in [2.24, 2.45) is 0 Å². The molecule has 3 N–H and O–H groups in total. The Morgan fingerprint density at radius 2 is 1.50 bits per heavy atom. The highest BCUT2D eigenvalue weighted by Gasteiger charge is 2.51. The topological polar surface area (TPSA) is 82.4 Å². The number of aliphatic carboxylic acids is 1. The van der Waals surface area contributed by atoms with Gasteiger partial charge >= 0.3 is 12.1 Å². The number of carbonyl (C=O) groups is 1. The Labute approximate surface area is 241 Å². The van der Waals surface area contributed by atoms with Gasteiger partial charge in [0.05, 0.1) is 23.8 Å². The van der Waals surface area contributed by atoms with Gasteiger partial charge < -0.3 is 20.6 Å². The lowest BCUT2D eigenvalue weighted by Gasteiger charge is -2.18. The van der Waals surface area contributed by atoms with Crippen LogP contribution in [0.5, 0.6) is 0 Å². The van der Waals surface area contributed by atoms with Gasteiger partial charge in [0.1, 0.15) is 5.70 Å². The maximum absolute atomic E-state index is 13.6. The van der Waals surface area contributed by atoms with Crippen molar-refractivity contribution in [2.45, 2.75) is 31.4 Å². The molecule has 4 aromatic carbocycles. The van der Waals surface area contributed by atoms with E-state index in [1.54, 1.807) is 37.3 Å². The Hall–Kier alpha value is -4.85. The van der Waals surface area contributed by atoms with Crippen molar-refractivity contribution in [2.75, 3.05) is 12.4 Å². The molecule has 0 atom stereocenters. The Kier molecular flexibility index (Phi) is 7.65. The molecule has 0 aliphatic heterocycles. The minimum atomic E-state index is -4.49. The molecule has 0 unspecified atom stereocenters. The molecule has 1 aliphatic rings. The highest BCUT2D eigenvalue weighted by Crippen LogP contribution is 2.48. The Balaban J connectivity index is 1.43. The molecule has 1 saturated carbocycles. The van der Waals surface area contributed by atoms with E-state index in [2.05, 4.69) is 5.32 Å². The van der Waals surface area contributed by atoms with E-state index in [1.807, 2.05) is 48.5 Å². The number of rotatable bonds is 9. The van der Waals surface area contributed by atoms with Crippen molar-refractivity contribution in [3.8, 4) is 22.3 Å². The van der Waals surface area contributed by atoms with E-state index in [4.69, 9.17) is 10.1 Å². The third kappa shape index (κ3) is 5.65. The number of halogens is 3. The van der Waals surface area contributed by atoms with Crippen LogP contribution >= 0.6 is 0 Å². The Morgan fingerprint density at radius 1 is 0.881 bits per heavy atom. The minimum Gasteiger partial charge on any atom is -0.494 e. The molecule has 1 fully saturated rings. The van der Waals surface area contributed by atoms with Gasteiger partial charge in [0.2, 0.25) is 0 Å². The van der Waals surface area contributed by atoms with E-state index in [9.17, 15) is 23.1 Å². The predicted octanol–water partition coefficient (Wildman–Crippen LogP) is 8.62. The molecule has 4 aromatic rings. The predicted molar refractivity (Wildman–Crippen MR) is 158 cm³/mol. The Morgan fingerprint density at radius 3 is 2.05 bits per heavy atom. The number of methoxy groups -OCH3 is 1. The zero-order chi connectivity index (χ0) is 30.1. The van der Waals surface area contributed by atoms with Gasteiger partial charge in [0.15, 0.2) is 5.76 Å². The summed E-state index contributed by atoms with van der Waals surface area (Å²) in [5, 5.41) is 21.1. The molecule has 5 nitrogen and oxygen atoms in total. The van der Waals surface area contributed by atoms with E-state index in [0.717, 1.165) is 22.8 Å². The zero-order valence-corrected chi connectivity index (χ0v) is 23.0. The van der Waals surface area contributed by atoms with Crippen LogP contribution in [0.25, 0.3) is 28.0 Å². The average molecular weight is 571 g/mol. The van der Waals surface area contributed by atoms with Crippen molar-refractivity contribution < 1.29 is 27.8 Å². The molecule has 0 amide bonds. The lowest BCUT2D eigenvalue weighted by molar-refractivity contribution is -0.140. The maximum atomic E-state index is 13.6. The number of anilines is 1. The standard InChI is InChI=1S/C34H29F3N2O3/c1-21(38)30(39-27-7-5-6-25(20-27)28-8-3-4-9-29(28)34(35,36)37)31(42-2)24-12-10-22(11-13-24)23-14-16-26(17-15-23)33(18-19-33)32(40)41/h3-17,20,38-39H,18-19H2,1-2H3,(H,40,41)/b31-30+,38-21?. The summed E-state index contributed by atoms with van der Waals surface area (Å²) < 4.78 is 46.6. The summed E-state index contributed by atoms with van der Waals surface area (Å²) in [6.45, 7) is 1.60. The van der Waals surface area contributed by atoms with Crippen LogP contribution in [-0.2, 0) is 21.1 Å². The number of hydrogen-bond donors (Lipinski definition) is 3. The van der Waals surface area contributed by atoms with E-state index in [-0.39, 0.29) is 11.3 Å². The quantitative estimate of drug-likeness (QED) is 0.139. The lowest BCUT2D eigenvalue weighted by Crippen LogP contribution is -2.19. The third-order valence-electron chi connectivity index (χ3n) is 7.56. The summed E-state index contributed by atoms with van der Waals surface area (Å²) in [5.41, 5.74) is 3.42. The maximum Gasteiger partial charge on any atom is 0.417 e. The number of alkyl halides is 3. The monoisotopic (exact) mass is 570 g/mol. The normalized spacial score (nSPS) is 14.5. The van der Waals surface area contributed by atoms with Crippen molar-refractivity contribution in [1.82, 2.24) is 0 Å². The second-order valence-corrected chi connectivity index (χ2v) is 10.3. The third-order valence-corrected chi connectivity index (χ3v) is 7.56. The van der Waals surface area contributed by atoms with E-state index in [1.165, 1.54) is 19.2 Å². The molecule has 1 aliphatic carbocycles. The molecule has 42 heavy (non-hydrogen) atoms. The van der Waals surface area contributed by atoms with Crippen LogP contribution in [-0.4, -0.2) is 23.9 Å². The number of benzene rings is 4. The van der Waals surface area contributed by atoms with Crippen molar-refractivity contribution >= 4 is 23.1 Å². The highest BCUT2D eigenvalue weighted by molar-refractivity contribution is 6.04. The number of carboxylic acids is 1. The largest absolute Gasteiger partial charge is 0.494 e. The second-order valence-electron chi connectivity index (χ2n) is 10.3. The van der Waals surface area contributed by atoms with Crippen LogP contribution in [0.4, 0.5) is 18.9 Å². The first-order valence-electron chi connectivity index (χ1n) is 13.4. The summed E-state index contributed by atoms with van der Waals surface area (Å²) in [7, 11) is 1.50. The number of nitrogens with one attached hydrogen (secondary N) is 2. The van der Waals surface area contributed by atoms with Gasteiger partial charge in [-0.15, -0.1) is 0 Å². The lowest BCUT2D eigenvalue weighted by atomic mass is 9.93. The fraction of sp³-hybridized carbons (Fsp3) is 0.176. The molecule has 5 rings (SSSR count). The van der Waals surface area contributed by atoms with Crippen molar-refractivity contribution in [3.63, 3.8) is 0 Å². The van der Waals surface area contributed by atoms with E-state index in [0.29, 0.717) is 41.1 Å². The summed E-state index contributed by atoms with van der Waals surface area (Å²) in [6.07, 6.45) is -3.20. The molecule has 0 aromatic heterocycles. The first kappa shape index (κ1) is 28.7. The average Bonchev–Trinajstić information content (AvgIpc) is 3.80. The van der Waals surface area contributed by atoms with Gasteiger partial charge in [0.25, 0.3) is 0 Å². The van der Waals surface area contributed by atoms with Crippen LogP contribution in [0, 0.1) is 5.41 Å². The number of allylic oxidation sites excluding steroid dienone is 1. The second kappa shape index (κ2) is 11.2. The molecule has 0 spiro atoms. The smallest absolute Gasteiger partial charge is 0.417 e. The summed E-state index contributed by atoms with van der Waals surface area (Å²) in [5.74, 6) is -0.384. The van der Waals surface area contributed by atoms with Crippen LogP contribution in [0.3, 0.4) is 0 Å². The molecule has 0 bridgehead atoms. The molecule has 214 valence electrons. The van der Waals surface area contributed by atoms with E-state index < -0.39 is 23.1 Å². The number of ether oxygens (including phenoxy) is 1. The molecular weight excluding hydrogens is 541 g/mol. The van der Waals surface area contributed by atoms with Crippen LogP contribution in [0.2, 0.25) is 0 Å². The van der Waals surface area contributed by atoms with Gasteiger partial charge in [-0.05, 0) is 65.8 Å². The van der Waals surface area contributed by atoms with Crippen LogP contribution in [0.15, 0.2) is 103 Å². The zero-order valence-electron chi connectivity index (χ0n) is 23.0. The number of carboxylic acid groups (broad SMARTS) is 1. The summed E-state index contributed by atoms with van der Waals surface area (Å²) in [6, 6.07) is 27.2. The van der Waals surface area contributed by atoms with Gasteiger partial charge in [-0.3, -0.25) is 4.79 Å². The highest BCUT2D eigenvalue weighted by atomic mass is 19.4. The summed E-state index contributed by atoms with van der Waals surface area (Å²) >= 11 is 0. The molecule has 0 heterocycles. The fourth-order valence-electron chi connectivity index (χ4n) is 5.12. The van der Waals surface area contributed by atoms with Gasteiger partial charge in [-0.1, -0.05) is 78.9 Å². The first-order valence-corrected chi connectivity index (χ1v) is 13.4. The number of hydrogen-bond acceptors (Lipinski definition) is 4. The minimum absolute atomic E-state index is 0.0663. The van der Waals surface area contributed by atoms with Crippen molar-refractivity contribution in [1.29, 1.82) is 5.41 Å². The fourth-order valence-corrected chi connectivity index (χ4v) is 5.12. The SMILES string of the molecule is CO/C(=C(/Nc1cccc(-c2ccccc2C(F)(F)F)c1)C(C)=N)c1ccc(-c2ccc(C3(C(=O)O)CC3)cc2)cc1. The van der Waals surface area contributed by atoms with Crippen LogP contribution in [0.1, 0.15) is 36.5 Å². The first-order chi connectivity index (χ1) is 20.0. The summed E-state index contributed by atoms with van der Waals surface area (Å²) in [4.78, 5) is 11.6. The van der Waals surface area contributed by atoms with Gasteiger partial charge in [-0.2, -0.15) is 13.2 Å². The van der Waals surface area contributed by atoms with Crippen molar-refractivity contribution in [3.05, 3.63) is 119 Å². The van der Waals surface area contributed by atoms with Crippen LogP contribution < -0.4 is 5.32 Å². The molecule has 0 saturated heterocycles. The Bertz CT molecular complexity index is 1670.